The molecule has 0 spiro atoms. The Balaban J connectivity index is 1.56. The van der Waals surface area contributed by atoms with E-state index in [9.17, 15) is 4.79 Å². The van der Waals surface area contributed by atoms with Crippen LogP contribution in [0.5, 0.6) is 5.75 Å². The normalized spacial score (nSPS) is 14.8. The third-order valence-electron chi connectivity index (χ3n) is 5.52. The molecule has 1 saturated carbocycles. The monoisotopic (exact) mass is 376 g/mol. The van der Waals surface area contributed by atoms with Crippen LogP contribution >= 0.6 is 0 Å². The third-order valence-corrected chi connectivity index (χ3v) is 5.52. The van der Waals surface area contributed by atoms with Crippen LogP contribution in [-0.4, -0.2) is 23.6 Å². The van der Waals surface area contributed by atoms with Gasteiger partial charge in [-0.05, 0) is 61.9 Å². The molecule has 1 unspecified atom stereocenters. The van der Waals surface area contributed by atoms with E-state index >= 15 is 0 Å². The van der Waals surface area contributed by atoms with Crippen molar-refractivity contribution >= 4 is 16.8 Å². The highest BCUT2D eigenvalue weighted by Crippen LogP contribution is 2.30. The van der Waals surface area contributed by atoms with Gasteiger partial charge in [0.2, 0.25) is 5.91 Å². The summed E-state index contributed by atoms with van der Waals surface area (Å²) in [5.41, 5.74) is 3.81. The molecule has 146 valence electrons. The molecule has 1 fully saturated rings. The minimum Gasteiger partial charge on any atom is -0.497 e. The molecule has 0 aliphatic heterocycles. The smallest absolute Gasteiger partial charge is 0.223 e. The standard InChI is InChI=1S/C24H28N2O2/c1-17(25-24(27)19-8-9-19)14-20-16-26(13-12-18-6-4-3-5-7-18)23-11-10-21(28-2)15-22(20)23/h3-7,10-11,15-17,19H,8-9,12-14H2,1-2H3,(H,25,27). The summed E-state index contributed by atoms with van der Waals surface area (Å²) in [6.45, 7) is 3.02. The van der Waals surface area contributed by atoms with Crippen molar-refractivity contribution in [3.63, 3.8) is 0 Å². The van der Waals surface area contributed by atoms with Gasteiger partial charge in [0.1, 0.15) is 5.75 Å². The molecule has 0 radical (unpaired) electrons. The van der Waals surface area contributed by atoms with Crippen LogP contribution in [0.4, 0.5) is 0 Å². The average molecular weight is 377 g/mol. The van der Waals surface area contributed by atoms with Crippen LogP contribution in [0.25, 0.3) is 10.9 Å². The molecule has 1 aliphatic carbocycles. The van der Waals surface area contributed by atoms with Crippen LogP contribution in [0.2, 0.25) is 0 Å². The van der Waals surface area contributed by atoms with Crippen LogP contribution in [0, 0.1) is 5.92 Å². The number of methoxy groups -OCH3 is 1. The number of carbonyl (C=O) groups excluding carboxylic acids is 1. The fourth-order valence-corrected chi connectivity index (χ4v) is 3.81. The van der Waals surface area contributed by atoms with Gasteiger partial charge in [-0.1, -0.05) is 30.3 Å². The van der Waals surface area contributed by atoms with Gasteiger partial charge in [0.25, 0.3) is 0 Å². The Kier molecular flexibility index (Phi) is 5.38. The zero-order valence-electron chi connectivity index (χ0n) is 16.7. The molecular formula is C24H28N2O2. The van der Waals surface area contributed by atoms with E-state index in [1.807, 2.05) is 6.07 Å². The number of benzene rings is 2. The van der Waals surface area contributed by atoms with Crippen molar-refractivity contribution in [3.05, 3.63) is 65.9 Å². The van der Waals surface area contributed by atoms with Crippen molar-refractivity contribution in [2.24, 2.45) is 5.92 Å². The molecule has 0 saturated heterocycles. The van der Waals surface area contributed by atoms with Gasteiger partial charge in [-0.15, -0.1) is 0 Å². The molecule has 2 aromatic carbocycles. The first-order chi connectivity index (χ1) is 13.6. The summed E-state index contributed by atoms with van der Waals surface area (Å²) in [5, 5.41) is 4.38. The number of fused-ring (bicyclic) bond motifs is 1. The Morgan fingerprint density at radius 3 is 2.71 bits per heavy atom. The maximum absolute atomic E-state index is 12.1. The van der Waals surface area contributed by atoms with E-state index < -0.39 is 0 Å². The van der Waals surface area contributed by atoms with Crippen molar-refractivity contribution < 1.29 is 9.53 Å². The maximum atomic E-state index is 12.1. The summed E-state index contributed by atoms with van der Waals surface area (Å²) in [7, 11) is 1.70. The van der Waals surface area contributed by atoms with E-state index in [0.29, 0.717) is 0 Å². The van der Waals surface area contributed by atoms with E-state index in [0.717, 1.165) is 38.0 Å². The van der Waals surface area contributed by atoms with Crippen LogP contribution in [0.15, 0.2) is 54.7 Å². The summed E-state index contributed by atoms with van der Waals surface area (Å²) in [6.07, 6.45) is 6.13. The Labute approximate surface area is 166 Å². The number of aryl methyl sites for hydroxylation is 2. The number of nitrogens with zero attached hydrogens (tertiary/aromatic N) is 1. The van der Waals surface area contributed by atoms with Crippen LogP contribution in [-0.2, 0) is 24.2 Å². The second kappa shape index (κ2) is 8.09. The van der Waals surface area contributed by atoms with Gasteiger partial charge in [-0.25, -0.2) is 0 Å². The topological polar surface area (TPSA) is 43.3 Å². The van der Waals surface area contributed by atoms with Crippen LogP contribution < -0.4 is 10.1 Å². The predicted molar refractivity (Wildman–Crippen MR) is 113 cm³/mol. The summed E-state index contributed by atoms with van der Waals surface area (Å²) in [4.78, 5) is 12.1. The first kappa shape index (κ1) is 18.6. The Bertz CT molecular complexity index is 957. The molecule has 1 amide bonds. The zero-order valence-corrected chi connectivity index (χ0v) is 16.7. The van der Waals surface area contributed by atoms with Crippen molar-refractivity contribution in [1.29, 1.82) is 0 Å². The van der Waals surface area contributed by atoms with Gasteiger partial charge in [0, 0.05) is 35.6 Å². The lowest BCUT2D eigenvalue weighted by Crippen LogP contribution is -2.35. The number of rotatable bonds is 8. The first-order valence-electron chi connectivity index (χ1n) is 10.1. The van der Waals surface area contributed by atoms with Crippen LogP contribution in [0.3, 0.4) is 0 Å². The predicted octanol–water partition coefficient (Wildman–Crippen LogP) is 4.35. The second-order valence-corrected chi connectivity index (χ2v) is 7.85. The summed E-state index contributed by atoms with van der Waals surface area (Å²) < 4.78 is 7.77. The molecule has 0 bridgehead atoms. The molecule has 1 aliphatic rings. The highest BCUT2D eigenvalue weighted by Gasteiger charge is 2.30. The molecule has 1 heterocycles. The van der Waals surface area contributed by atoms with Gasteiger partial charge >= 0.3 is 0 Å². The molecular weight excluding hydrogens is 348 g/mol. The lowest BCUT2D eigenvalue weighted by molar-refractivity contribution is -0.122. The molecule has 28 heavy (non-hydrogen) atoms. The lowest BCUT2D eigenvalue weighted by Gasteiger charge is -2.13. The van der Waals surface area contributed by atoms with Gasteiger partial charge in [0.15, 0.2) is 0 Å². The average Bonchev–Trinajstić information content (AvgIpc) is 3.51. The molecule has 4 nitrogen and oxygen atoms in total. The SMILES string of the molecule is COc1ccc2c(c1)c(CC(C)NC(=O)C1CC1)cn2CCc1ccccc1. The minimum atomic E-state index is 0.118. The number of nitrogens with one attached hydrogen (secondary N) is 1. The number of ether oxygens (including phenoxy) is 1. The molecule has 4 heteroatoms. The number of hydrogen-bond acceptors (Lipinski definition) is 2. The summed E-state index contributed by atoms with van der Waals surface area (Å²) in [6, 6.07) is 16.9. The quantitative estimate of drug-likeness (QED) is 0.635. The number of aromatic nitrogens is 1. The second-order valence-electron chi connectivity index (χ2n) is 7.85. The molecule has 1 N–H and O–H groups in total. The Hall–Kier alpha value is -2.75. The summed E-state index contributed by atoms with van der Waals surface area (Å²) >= 11 is 0. The fourth-order valence-electron chi connectivity index (χ4n) is 3.81. The molecule has 4 rings (SSSR count). The van der Waals surface area contributed by atoms with E-state index in [-0.39, 0.29) is 17.9 Å². The molecule has 3 aromatic rings. The van der Waals surface area contributed by atoms with E-state index in [1.165, 1.54) is 22.0 Å². The van der Waals surface area contributed by atoms with Gasteiger partial charge in [-0.2, -0.15) is 0 Å². The highest BCUT2D eigenvalue weighted by atomic mass is 16.5. The van der Waals surface area contributed by atoms with E-state index in [4.69, 9.17) is 4.74 Å². The van der Waals surface area contributed by atoms with Crippen molar-refractivity contribution in [2.45, 2.75) is 45.2 Å². The fraction of sp³-hybridized carbons (Fsp3) is 0.375. The van der Waals surface area contributed by atoms with Crippen molar-refractivity contribution in [3.8, 4) is 5.75 Å². The van der Waals surface area contributed by atoms with Gasteiger partial charge in [-0.3, -0.25) is 4.79 Å². The third kappa shape index (κ3) is 4.22. The Morgan fingerprint density at radius 1 is 1.21 bits per heavy atom. The van der Waals surface area contributed by atoms with E-state index in [2.05, 4.69) is 65.5 Å². The molecule has 1 atom stereocenters. The number of carbonyl (C=O) groups is 1. The van der Waals surface area contributed by atoms with Crippen LogP contribution in [0.1, 0.15) is 30.9 Å². The lowest BCUT2D eigenvalue weighted by atomic mass is 10.1. The number of hydrogen-bond donors (Lipinski definition) is 1. The largest absolute Gasteiger partial charge is 0.497 e. The molecule has 1 aromatic heterocycles. The minimum absolute atomic E-state index is 0.118. The van der Waals surface area contributed by atoms with Crippen molar-refractivity contribution in [1.82, 2.24) is 9.88 Å². The maximum Gasteiger partial charge on any atom is 0.223 e. The van der Waals surface area contributed by atoms with Gasteiger partial charge in [0.05, 0.1) is 7.11 Å². The van der Waals surface area contributed by atoms with E-state index in [1.54, 1.807) is 7.11 Å². The highest BCUT2D eigenvalue weighted by molar-refractivity contribution is 5.86. The first-order valence-corrected chi connectivity index (χ1v) is 10.1. The van der Waals surface area contributed by atoms with Crippen molar-refractivity contribution in [2.75, 3.05) is 7.11 Å². The number of amides is 1. The Morgan fingerprint density at radius 2 is 2.00 bits per heavy atom. The zero-order chi connectivity index (χ0) is 19.5. The summed E-state index contributed by atoms with van der Waals surface area (Å²) in [5.74, 6) is 1.32. The van der Waals surface area contributed by atoms with Gasteiger partial charge < -0.3 is 14.6 Å².